The maximum Gasteiger partial charge on any atom is 0.338 e. The van der Waals surface area contributed by atoms with Crippen molar-refractivity contribution in [3.63, 3.8) is 0 Å². The molecule has 2 heterocycles. The fourth-order valence-corrected chi connectivity index (χ4v) is 3.51. The van der Waals surface area contributed by atoms with Gasteiger partial charge in [-0.2, -0.15) is 0 Å². The van der Waals surface area contributed by atoms with Gasteiger partial charge in [-0.3, -0.25) is 9.78 Å². The lowest BCUT2D eigenvalue weighted by Gasteiger charge is -2.18. The zero-order valence-electron chi connectivity index (χ0n) is 18.2. The van der Waals surface area contributed by atoms with Crippen LogP contribution in [0, 0.1) is 13.8 Å². The molecule has 0 bridgehead atoms. The van der Waals surface area contributed by atoms with E-state index in [9.17, 15) is 9.59 Å². The number of hydrogen-bond acceptors (Lipinski definition) is 5. The summed E-state index contributed by atoms with van der Waals surface area (Å²) in [5.74, 6) is -0.245. The number of aromatic amines is 1. The van der Waals surface area contributed by atoms with Gasteiger partial charge < -0.3 is 15.0 Å². The van der Waals surface area contributed by atoms with Crippen molar-refractivity contribution in [1.82, 2.24) is 15.0 Å². The van der Waals surface area contributed by atoms with Gasteiger partial charge in [-0.1, -0.05) is 25.1 Å². The third kappa shape index (κ3) is 4.37. The number of amides is 1. The lowest BCUT2D eigenvalue weighted by molar-refractivity contribution is -0.124. The van der Waals surface area contributed by atoms with E-state index in [-0.39, 0.29) is 5.91 Å². The Labute approximate surface area is 185 Å². The Kier molecular flexibility index (Phi) is 5.98. The fraction of sp³-hybridized carbons (Fsp3) is 0.200. The molecule has 1 unspecified atom stereocenters. The molecule has 0 saturated carbocycles. The second kappa shape index (κ2) is 9.01. The van der Waals surface area contributed by atoms with Crippen LogP contribution in [-0.4, -0.2) is 32.9 Å². The Morgan fingerprint density at radius 1 is 1.09 bits per heavy atom. The number of carbonyl (C=O) groups is 2. The van der Waals surface area contributed by atoms with Crippen molar-refractivity contribution in [2.75, 3.05) is 5.32 Å². The molecule has 0 aliphatic heterocycles. The molecular formula is C25H24N4O3. The molecule has 2 N–H and O–H groups in total. The topological polar surface area (TPSA) is 97.0 Å². The zero-order valence-corrected chi connectivity index (χ0v) is 18.2. The first-order valence-electron chi connectivity index (χ1n) is 10.4. The van der Waals surface area contributed by atoms with E-state index in [1.165, 1.54) is 0 Å². The Hall–Kier alpha value is -4.00. The molecule has 4 rings (SSSR count). The van der Waals surface area contributed by atoms with Crippen molar-refractivity contribution in [2.45, 2.75) is 33.3 Å². The summed E-state index contributed by atoms with van der Waals surface area (Å²) < 4.78 is 5.54. The number of benzene rings is 2. The maximum atomic E-state index is 12.8. The number of nitrogens with zero attached hydrogens (tertiary/aromatic N) is 2. The van der Waals surface area contributed by atoms with Crippen LogP contribution in [0.5, 0.6) is 0 Å². The fourth-order valence-electron chi connectivity index (χ4n) is 3.51. The lowest BCUT2D eigenvalue weighted by Crippen LogP contribution is -2.32. The standard InChI is InChI=1S/C25H24N4O3/c1-4-21(24(30)29-22-15(2)7-5-8-16(22)3)32-25(31)17-10-11-19-20(13-17)28-23(27-19)18-9-6-12-26-14-18/h5-14,21H,4H2,1-3H3,(H,27,28)(H,29,30). The number of pyridine rings is 1. The van der Waals surface area contributed by atoms with E-state index in [0.29, 0.717) is 23.3 Å². The number of aromatic nitrogens is 3. The monoisotopic (exact) mass is 428 g/mol. The van der Waals surface area contributed by atoms with Gasteiger partial charge in [0.2, 0.25) is 0 Å². The van der Waals surface area contributed by atoms with Crippen molar-refractivity contribution >= 4 is 28.6 Å². The SMILES string of the molecule is CCC(OC(=O)c1ccc2nc(-c3cccnc3)[nH]c2c1)C(=O)Nc1c(C)cccc1C. The number of fused-ring (bicyclic) bond motifs is 1. The highest BCUT2D eigenvalue weighted by Crippen LogP contribution is 2.22. The van der Waals surface area contributed by atoms with Gasteiger partial charge >= 0.3 is 5.97 Å². The Morgan fingerprint density at radius 3 is 2.56 bits per heavy atom. The summed E-state index contributed by atoms with van der Waals surface area (Å²) in [7, 11) is 0. The van der Waals surface area contributed by atoms with E-state index in [2.05, 4.69) is 20.3 Å². The maximum absolute atomic E-state index is 12.8. The smallest absolute Gasteiger partial charge is 0.338 e. The molecule has 2 aromatic heterocycles. The molecule has 32 heavy (non-hydrogen) atoms. The number of imidazole rings is 1. The molecule has 0 aliphatic carbocycles. The van der Waals surface area contributed by atoms with Gasteiger partial charge in [-0.25, -0.2) is 9.78 Å². The summed E-state index contributed by atoms with van der Waals surface area (Å²) >= 11 is 0. The van der Waals surface area contributed by atoms with Crippen LogP contribution in [0.15, 0.2) is 60.9 Å². The molecule has 162 valence electrons. The summed E-state index contributed by atoms with van der Waals surface area (Å²) in [6.07, 6.45) is 2.87. The predicted molar refractivity (Wildman–Crippen MR) is 123 cm³/mol. The minimum atomic E-state index is -0.898. The molecule has 2 aromatic carbocycles. The molecule has 7 heteroatoms. The number of nitrogens with one attached hydrogen (secondary N) is 2. The summed E-state index contributed by atoms with van der Waals surface area (Å²) in [4.78, 5) is 37.4. The van der Waals surface area contributed by atoms with Crippen LogP contribution >= 0.6 is 0 Å². The van der Waals surface area contributed by atoms with Crippen molar-refractivity contribution < 1.29 is 14.3 Å². The van der Waals surface area contributed by atoms with E-state index in [4.69, 9.17) is 4.74 Å². The average molecular weight is 428 g/mol. The van der Waals surface area contributed by atoms with E-state index in [0.717, 1.165) is 27.9 Å². The van der Waals surface area contributed by atoms with Gasteiger partial charge in [0.1, 0.15) is 5.82 Å². The van der Waals surface area contributed by atoms with Gasteiger partial charge in [0.25, 0.3) is 5.91 Å². The highest BCUT2D eigenvalue weighted by molar-refractivity contribution is 5.99. The highest BCUT2D eigenvalue weighted by Gasteiger charge is 2.23. The van der Waals surface area contributed by atoms with E-state index in [1.807, 2.05) is 44.2 Å². The predicted octanol–water partition coefficient (Wildman–Crippen LogP) is 4.82. The van der Waals surface area contributed by atoms with Crippen LogP contribution in [0.2, 0.25) is 0 Å². The number of ether oxygens (including phenoxy) is 1. The molecule has 1 atom stereocenters. The molecule has 0 spiro atoms. The van der Waals surface area contributed by atoms with Crippen molar-refractivity contribution in [3.05, 3.63) is 77.6 Å². The number of hydrogen-bond donors (Lipinski definition) is 2. The van der Waals surface area contributed by atoms with E-state index < -0.39 is 12.1 Å². The number of H-pyrrole nitrogens is 1. The molecular weight excluding hydrogens is 404 g/mol. The summed E-state index contributed by atoms with van der Waals surface area (Å²) in [5.41, 5.74) is 5.27. The first-order valence-corrected chi connectivity index (χ1v) is 10.4. The third-order valence-corrected chi connectivity index (χ3v) is 5.29. The molecule has 7 nitrogen and oxygen atoms in total. The van der Waals surface area contributed by atoms with Gasteiger partial charge in [0, 0.05) is 23.6 Å². The van der Waals surface area contributed by atoms with Crippen molar-refractivity contribution in [3.8, 4) is 11.4 Å². The van der Waals surface area contributed by atoms with E-state index in [1.54, 1.807) is 37.5 Å². The highest BCUT2D eigenvalue weighted by atomic mass is 16.5. The van der Waals surface area contributed by atoms with Crippen LogP contribution in [0.25, 0.3) is 22.4 Å². The number of aryl methyl sites for hydroxylation is 2. The largest absolute Gasteiger partial charge is 0.449 e. The molecule has 4 aromatic rings. The minimum Gasteiger partial charge on any atom is -0.449 e. The third-order valence-electron chi connectivity index (χ3n) is 5.29. The summed E-state index contributed by atoms with van der Waals surface area (Å²) in [5, 5.41) is 2.90. The molecule has 0 saturated heterocycles. The number of esters is 1. The van der Waals surface area contributed by atoms with Crippen LogP contribution in [0.3, 0.4) is 0 Å². The summed E-state index contributed by atoms with van der Waals surface area (Å²) in [6, 6.07) is 14.6. The Bertz CT molecular complexity index is 1260. The van der Waals surface area contributed by atoms with Gasteiger partial charge in [0.15, 0.2) is 6.10 Å². The lowest BCUT2D eigenvalue weighted by atomic mass is 10.1. The molecule has 1 amide bonds. The molecule has 0 fully saturated rings. The normalized spacial score (nSPS) is 11.8. The van der Waals surface area contributed by atoms with Crippen molar-refractivity contribution in [2.24, 2.45) is 0 Å². The van der Waals surface area contributed by atoms with Crippen molar-refractivity contribution in [1.29, 1.82) is 0 Å². The Morgan fingerprint density at radius 2 is 1.88 bits per heavy atom. The number of rotatable bonds is 6. The van der Waals surface area contributed by atoms with Crippen LogP contribution in [0.4, 0.5) is 5.69 Å². The number of anilines is 1. The summed E-state index contributed by atoms with van der Waals surface area (Å²) in [6.45, 7) is 5.66. The molecule has 0 radical (unpaired) electrons. The Balaban J connectivity index is 1.51. The second-order valence-electron chi connectivity index (χ2n) is 7.62. The quantitative estimate of drug-likeness (QED) is 0.429. The van der Waals surface area contributed by atoms with Crippen LogP contribution in [-0.2, 0) is 9.53 Å². The first kappa shape index (κ1) is 21.2. The van der Waals surface area contributed by atoms with Crippen LogP contribution < -0.4 is 5.32 Å². The first-order chi connectivity index (χ1) is 15.5. The molecule has 0 aliphatic rings. The number of para-hydroxylation sites is 1. The van der Waals surface area contributed by atoms with Crippen LogP contribution in [0.1, 0.15) is 34.8 Å². The van der Waals surface area contributed by atoms with E-state index >= 15 is 0 Å². The zero-order chi connectivity index (χ0) is 22.7. The van der Waals surface area contributed by atoms with Gasteiger partial charge in [0.05, 0.1) is 16.6 Å². The average Bonchev–Trinajstić information content (AvgIpc) is 3.23. The number of carbonyl (C=O) groups excluding carboxylic acids is 2. The minimum absolute atomic E-state index is 0.345. The van der Waals surface area contributed by atoms with Gasteiger partial charge in [-0.05, 0) is 61.7 Å². The second-order valence-corrected chi connectivity index (χ2v) is 7.62. The van der Waals surface area contributed by atoms with Gasteiger partial charge in [-0.15, -0.1) is 0 Å².